The molecule has 0 unspecified atom stereocenters. The van der Waals surface area contributed by atoms with Crippen molar-refractivity contribution in [1.82, 2.24) is 25.0 Å². The number of aromatic amines is 1. The van der Waals surface area contributed by atoms with Crippen molar-refractivity contribution in [2.45, 2.75) is 26.4 Å². The van der Waals surface area contributed by atoms with E-state index in [0.29, 0.717) is 32.0 Å². The van der Waals surface area contributed by atoms with E-state index in [1.807, 2.05) is 24.0 Å². The Bertz CT molecular complexity index is 767. The predicted molar refractivity (Wildman–Crippen MR) is 92.1 cm³/mol. The van der Waals surface area contributed by atoms with Crippen LogP contribution < -0.4 is 0 Å². The lowest BCUT2D eigenvalue weighted by molar-refractivity contribution is 0.0297. The summed E-state index contributed by atoms with van der Waals surface area (Å²) < 4.78 is 5.34. The number of nitrogens with zero attached hydrogens (tertiary/aromatic N) is 4. The van der Waals surface area contributed by atoms with Gasteiger partial charge in [-0.05, 0) is 19.1 Å². The van der Waals surface area contributed by atoms with Crippen LogP contribution in [0.5, 0.6) is 0 Å². The normalized spacial score (nSPS) is 18.2. The van der Waals surface area contributed by atoms with Crippen molar-refractivity contribution in [3.63, 3.8) is 0 Å². The summed E-state index contributed by atoms with van der Waals surface area (Å²) in [7, 11) is 0. The van der Waals surface area contributed by atoms with Crippen LogP contribution in [0.15, 0.2) is 18.2 Å². The molecule has 7 nitrogen and oxygen atoms in total. The molecule has 4 rings (SSSR count). The maximum atomic E-state index is 12.8. The van der Waals surface area contributed by atoms with Crippen LogP contribution in [0.3, 0.4) is 0 Å². The lowest BCUT2D eigenvalue weighted by Gasteiger charge is -2.29. The number of carbonyl (C=O) groups excluding carboxylic acids is 1. The number of carbonyl (C=O) groups is 1. The molecule has 1 N–H and O–H groups in total. The van der Waals surface area contributed by atoms with Gasteiger partial charge in [-0.15, -0.1) is 0 Å². The summed E-state index contributed by atoms with van der Waals surface area (Å²) in [5.74, 6) is 0.0105. The number of morpholine rings is 1. The highest BCUT2D eigenvalue weighted by Gasteiger charge is 2.29. The van der Waals surface area contributed by atoms with Crippen molar-refractivity contribution in [2.75, 3.05) is 32.8 Å². The fraction of sp³-hybridized carbons (Fsp3) is 0.500. The van der Waals surface area contributed by atoms with Gasteiger partial charge in [-0.25, -0.2) is 0 Å². The zero-order chi connectivity index (χ0) is 17.2. The SMILES string of the molecule is Cc1cccc(CN2CCc3[nH]nc(C(=O)N4CCOCC4)c3C2)n1. The number of ether oxygens (including phenoxy) is 1. The molecule has 1 saturated heterocycles. The van der Waals surface area contributed by atoms with Gasteiger partial charge in [-0.2, -0.15) is 5.10 Å². The van der Waals surface area contributed by atoms with Crippen molar-refractivity contribution in [1.29, 1.82) is 0 Å². The number of hydrogen-bond acceptors (Lipinski definition) is 5. The number of rotatable bonds is 3. The van der Waals surface area contributed by atoms with E-state index >= 15 is 0 Å². The van der Waals surface area contributed by atoms with Gasteiger partial charge in [0, 0.05) is 56.1 Å². The van der Waals surface area contributed by atoms with E-state index in [-0.39, 0.29) is 5.91 Å². The lowest BCUT2D eigenvalue weighted by atomic mass is 10.0. The van der Waals surface area contributed by atoms with Gasteiger partial charge in [0.25, 0.3) is 5.91 Å². The molecule has 2 aromatic heterocycles. The number of pyridine rings is 1. The third-order valence-electron chi connectivity index (χ3n) is 4.85. The molecule has 7 heteroatoms. The Morgan fingerprint density at radius 3 is 2.92 bits per heavy atom. The first-order valence-electron chi connectivity index (χ1n) is 8.79. The van der Waals surface area contributed by atoms with E-state index in [2.05, 4.69) is 26.1 Å². The van der Waals surface area contributed by atoms with E-state index in [1.165, 1.54) is 0 Å². The highest BCUT2D eigenvalue weighted by molar-refractivity contribution is 5.94. The first kappa shape index (κ1) is 16.2. The molecule has 0 atom stereocenters. The van der Waals surface area contributed by atoms with Crippen molar-refractivity contribution in [3.05, 3.63) is 46.5 Å². The van der Waals surface area contributed by atoms with Crippen molar-refractivity contribution in [2.24, 2.45) is 0 Å². The van der Waals surface area contributed by atoms with Gasteiger partial charge in [-0.1, -0.05) is 6.07 Å². The Kier molecular flexibility index (Phi) is 4.50. The second-order valence-corrected chi connectivity index (χ2v) is 6.66. The lowest BCUT2D eigenvalue weighted by Crippen LogP contribution is -2.41. The molecule has 132 valence electrons. The molecule has 0 bridgehead atoms. The number of fused-ring (bicyclic) bond motifs is 1. The number of H-pyrrole nitrogens is 1. The Morgan fingerprint density at radius 2 is 2.12 bits per heavy atom. The summed E-state index contributed by atoms with van der Waals surface area (Å²) in [5.41, 5.74) is 4.79. The predicted octanol–water partition coefficient (Wildman–Crippen LogP) is 1.14. The van der Waals surface area contributed by atoms with Crippen molar-refractivity contribution in [3.8, 4) is 0 Å². The zero-order valence-corrected chi connectivity index (χ0v) is 14.5. The maximum Gasteiger partial charge on any atom is 0.274 e. The summed E-state index contributed by atoms with van der Waals surface area (Å²) in [6, 6.07) is 6.10. The van der Waals surface area contributed by atoms with E-state index in [0.717, 1.165) is 48.7 Å². The average molecular weight is 341 g/mol. The van der Waals surface area contributed by atoms with Crippen LogP contribution in [-0.2, 0) is 24.2 Å². The minimum Gasteiger partial charge on any atom is -0.378 e. The van der Waals surface area contributed by atoms with Gasteiger partial charge in [0.05, 0.1) is 18.9 Å². The first-order valence-corrected chi connectivity index (χ1v) is 8.79. The maximum absolute atomic E-state index is 12.8. The monoisotopic (exact) mass is 341 g/mol. The Balaban J connectivity index is 1.50. The minimum atomic E-state index is 0.0105. The van der Waals surface area contributed by atoms with E-state index < -0.39 is 0 Å². The van der Waals surface area contributed by atoms with Gasteiger partial charge in [0.15, 0.2) is 5.69 Å². The highest BCUT2D eigenvalue weighted by Crippen LogP contribution is 2.23. The van der Waals surface area contributed by atoms with Gasteiger partial charge in [0.1, 0.15) is 0 Å². The van der Waals surface area contributed by atoms with Gasteiger partial charge in [-0.3, -0.25) is 19.8 Å². The quantitative estimate of drug-likeness (QED) is 0.906. The van der Waals surface area contributed by atoms with E-state index in [9.17, 15) is 4.79 Å². The highest BCUT2D eigenvalue weighted by atomic mass is 16.5. The molecule has 0 aromatic carbocycles. The number of aryl methyl sites for hydroxylation is 1. The fourth-order valence-electron chi connectivity index (χ4n) is 3.50. The van der Waals surface area contributed by atoms with Crippen molar-refractivity contribution < 1.29 is 9.53 Å². The van der Waals surface area contributed by atoms with Crippen LogP contribution in [0, 0.1) is 6.92 Å². The average Bonchev–Trinajstić information content (AvgIpc) is 3.05. The number of hydrogen-bond donors (Lipinski definition) is 1. The number of nitrogens with one attached hydrogen (secondary N) is 1. The van der Waals surface area contributed by atoms with Crippen LogP contribution in [0.4, 0.5) is 0 Å². The third-order valence-corrected chi connectivity index (χ3v) is 4.85. The van der Waals surface area contributed by atoms with Gasteiger partial charge in [0.2, 0.25) is 0 Å². The second kappa shape index (κ2) is 6.93. The summed E-state index contributed by atoms with van der Waals surface area (Å²) in [6.07, 6.45) is 0.880. The first-order chi connectivity index (χ1) is 12.2. The zero-order valence-electron chi connectivity index (χ0n) is 14.5. The summed E-state index contributed by atoms with van der Waals surface area (Å²) in [4.78, 5) is 21.6. The molecule has 0 aliphatic carbocycles. The minimum absolute atomic E-state index is 0.0105. The smallest absolute Gasteiger partial charge is 0.274 e. The van der Waals surface area contributed by atoms with Gasteiger partial charge >= 0.3 is 0 Å². The molecule has 1 amide bonds. The van der Waals surface area contributed by atoms with Crippen molar-refractivity contribution >= 4 is 5.91 Å². The second-order valence-electron chi connectivity index (χ2n) is 6.66. The largest absolute Gasteiger partial charge is 0.378 e. The molecule has 2 aromatic rings. The van der Waals surface area contributed by atoms with Crippen LogP contribution >= 0.6 is 0 Å². The molecular weight excluding hydrogens is 318 g/mol. The molecule has 0 radical (unpaired) electrons. The van der Waals surface area contributed by atoms with E-state index in [4.69, 9.17) is 4.74 Å². The van der Waals surface area contributed by atoms with Gasteiger partial charge < -0.3 is 9.64 Å². The number of aromatic nitrogens is 3. The fourth-order valence-corrected chi connectivity index (χ4v) is 3.50. The van der Waals surface area contributed by atoms with Crippen LogP contribution in [0.1, 0.15) is 33.1 Å². The molecule has 0 saturated carbocycles. The molecule has 2 aliphatic rings. The molecule has 1 fully saturated rings. The van der Waals surface area contributed by atoms with Crippen LogP contribution in [-0.4, -0.2) is 63.7 Å². The molecule has 2 aliphatic heterocycles. The summed E-state index contributed by atoms with van der Waals surface area (Å²) >= 11 is 0. The molecular formula is C18H23N5O2. The Morgan fingerprint density at radius 1 is 1.28 bits per heavy atom. The topological polar surface area (TPSA) is 74.4 Å². The van der Waals surface area contributed by atoms with E-state index in [1.54, 1.807) is 0 Å². The summed E-state index contributed by atoms with van der Waals surface area (Å²) in [5, 5.41) is 7.40. The third kappa shape index (κ3) is 3.43. The molecule has 0 spiro atoms. The number of amides is 1. The Labute approximate surface area is 147 Å². The summed E-state index contributed by atoms with van der Waals surface area (Å²) in [6.45, 7) is 6.94. The Hall–Kier alpha value is -2.25. The molecule has 4 heterocycles. The molecule has 25 heavy (non-hydrogen) atoms. The standard InChI is InChI=1S/C18H23N5O2/c1-13-3-2-4-14(19-13)11-22-6-5-16-15(12-22)17(21-20-16)18(24)23-7-9-25-10-8-23/h2-4H,5-12H2,1H3,(H,20,21). The van der Waals surface area contributed by atoms with Crippen LogP contribution in [0.25, 0.3) is 0 Å². The van der Waals surface area contributed by atoms with Crippen LogP contribution in [0.2, 0.25) is 0 Å².